The molecule has 1 aliphatic rings. The molecule has 4 nitrogen and oxygen atoms in total. The zero-order valence-corrected chi connectivity index (χ0v) is 13.3. The molecule has 0 bridgehead atoms. The third kappa shape index (κ3) is 3.49. The summed E-state index contributed by atoms with van der Waals surface area (Å²) in [7, 11) is 0. The second kappa shape index (κ2) is 6.55. The van der Waals surface area contributed by atoms with Gasteiger partial charge in [0.2, 0.25) is 0 Å². The monoisotopic (exact) mass is 276 g/mol. The van der Waals surface area contributed by atoms with E-state index in [4.69, 9.17) is 10.7 Å². The fourth-order valence-electron chi connectivity index (χ4n) is 3.02. The van der Waals surface area contributed by atoms with Gasteiger partial charge >= 0.3 is 0 Å². The maximum absolute atomic E-state index is 5.92. The van der Waals surface area contributed by atoms with E-state index >= 15 is 0 Å². The third-order valence-electron chi connectivity index (χ3n) is 3.95. The zero-order chi connectivity index (χ0) is 14.7. The first kappa shape index (κ1) is 15.3. The number of hydrogen-bond acceptors (Lipinski definition) is 4. The first-order chi connectivity index (χ1) is 9.51. The highest BCUT2D eigenvalue weighted by Crippen LogP contribution is 2.23. The predicted molar refractivity (Wildman–Crippen MR) is 85.1 cm³/mol. The summed E-state index contributed by atoms with van der Waals surface area (Å²) in [6, 6.07) is 2.13. The predicted octanol–water partition coefficient (Wildman–Crippen LogP) is 1.94. The van der Waals surface area contributed by atoms with Crippen LogP contribution in [0.15, 0.2) is 6.07 Å². The summed E-state index contributed by atoms with van der Waals surface area (Å²) in [5, 5.41) is 0. The minimum absolute atomic E-state index is 0.570. The van der Waals surface area contributed by atoms with Crippen molar-refractivity contribution in [3.05, 3.63) is 22.9 Å². The van der Waals surface area contributed by atoms with Crippen molar-refractivity contribution in [2.75, 3.05) is 37.6 Å². The molecule has 1 fully saturated rings. The second-order valence-corrected chi connectivity index (χ2v) is 6.27. The highest BCUT2D eigenvalue weighted by Gasteiger charge is 2.21. The van der Waals surface area contributed by atoms with Crippen molar-refractivity contribution in [1.82, 2.24) is 9.88 Å². The number of anilines is 1. The SMILES string of the molecule is Cc1cc(C)c(CN)c(N2CCN(CC(C)C)CC2)n1. The van der Waals surface area contributed by atoms with E-state index in [1.807, 2.05) is 0 Å². The number of rotatable bonds is 4. The van der Waals surface area contributed by atoms with Gasteiger partial charge < -0.3 is 10.6 Å². The van der Waals surface area contributed by atoms with E-state index < -0.39 is 0 Å². The van der Waals surface area contributed by atoms with Crippen molar-refractivity contribution >= 4 is 5.82 Å². The summed E-state index contributed by atoms with van der Waals surface area (Å²) in [6.07, 6.45) is 0. The molecule has 1 aromatic rings. The van der Waals surface area contributed by atoms with Gasteiger partial charge in [0.15, 0.2) is 0 Å². The molecule has 0 radical (unpaired) electrons. The lowest BCUT2D eigenvalue weighted by molar-refractivity contribution is 0.230. The summed E-state index contributed by atoms with van der Waals surface area (Å²) < 4.78 is 0. The van der Waals surface area contributed by atoms with Crippen LogP contribution in [-0.2, 0) is 6.54 Å². The molecule has 20 heavy (non-hydrogen) atoms. The Morgan fingerprint density at radius 3 is 2.40 bits per heavy atom. The first-order valence-corrected chi connectivity index (χ1v) is 7.65. The van der Waals surface area contributed by atoms with E-state index in [0.29, 0.717) is 6.54 Å². The van der Waals surface area contributed by atoms with Gasteiger partial charge in [-0.25, -0.2) is 4.98 Å². The van der Waals surface area contributed by atoms with Crippen LogP contribution in [0.4, 0.5) is 5.82 Å². The number of aryl methyl sites for hydroxylation is 2. The average molecular weight is 276 g/mol. The summed E-state index contributed by atoms with van der Waals surface area (Å²) in [4.78, 5) is 9.69. The highest BCUT2D eigenvalue weighted by molar-refractivity contribution is 5.52. The molecule has 2 N–H and O–H groups in total. The first-order valence-electron chi connectivity index (χ1n) is 7.65. The summed E-state index contributed by atoms with van der Waals surface area (Å²) in [6.45, 7) is 14.9. The van der Waals surface area contributed by atoms with Crippen molar-refractivity contribution in [3.8, 4) is 0 Å². The largest absolute Gasteiger partial charge is 0.354 e. The van der Waals surface area contributed by atoms with Crippen LogP contribution in [0.2, 0.25) is 0 Å². The Morgan fingerprint density at radius 1 is 1.20 bits per heavy atom. The van der Waals surface area contributed by atoms with Crippen LogP contribution in [0.1, 0.15) is 30.7 Å². The van der Waals surface area contributed by atoms with Crippen molar-refractivity contribution in [1.29, 1.82) is 0 Å². The van der Waals surface area contributed by atoms with Gasteiger partial charge in [-0.2, -0.15) is 0 Å². The number of nitrogens with two attached hydrogens (primary N) is 1. The molecule has 4 heteroatoms. The van der Waals surface area contributed by atoms with E-state index in [-0.39, 0.29) is 0 Å². The molecule has 0 atom stereocenters. The standard InChI is InChI=1S/C16H28N4/c1-12(2)11-19-5-7-20(8-6-19)16-15(10-17)13(3)9-14(4)18-16/h9,12H,5-8,10-11,17H2,1-4H3. The molecule has 0 aromatic carbocycles. The molecule has 2 rings (SSSR count). The van der Waals surface area contributed by atoms with Crippen LogP contribution in [0.25, 0.3) is 0 Å². The Balaban J connectivity index is 2.10. The molecule has 0 amide bonds. The molecule has 0 spiro atoms. The number of aromatic nitrogens is 1. The number of nitrogens with zero attached hydrogens (tertiary/aromatic N) is 3. The molecule has 1 aliphatic heterocycles. The summed E-state index contributed by atoms with van der Waals surface area (Å²) in [5.41, 5.74) is 9.47. The fourth-order valence-corrected chi connectivity index (χ4v) is 3.02. The van der Waals surface area contributed by atoms with Crippen molar-refractivity contribution in [2.45, 2.75) is 34.2 Å². The van der Waals surface area contributed by atoms with E-state index in [1.165, 1.54) is 17.7 Å². The molecule has 0 aliphatic carbocycles. The lowest BCUT2D eigenvalue weighted by Crippen LogP contribution is -2.48. The van der Waals surface area contributed by atoms with Gasteiger partial charge in [-0.1, -0.05) is 13.8 Å². The second-order valence-electron chi connectivity index (χ2n) is 6.27. The Labute approximate surface area is 123 Å². The van der Waals surface area contributed by atoms with Gasteiger partial charge in [0.25, 0.3) is 0 Å². The molecule has 2 heterocycles. The Kier molecular flexibility index (Phi) is 5.00. The van der Waals surface area contributed by atoms with Gasteiger partial charge in [-0.15, -0.1) is 0 Å². The van der Waals surface area contributed by atoms with Gasteiger partial charge in [0, 0.05) is 50.5 Å². The average Bonchev–Trinajstić information content (AvgIpc) is 2.38. The fraction of sp³-hybridized carbons (Fsp3) is 0.688. The minimum atomic E-state index is 0.570. The normalized spacial score (nSPS) is 17.0. The number of hydrogen-bond donors (Lipinski definition) is 1. The van der Waals surface area contributed by atoms with Crippen LogP contribution in [0.3, 0.4) is 0 Å². The van der Waals surface area contributed by atoms with E-state index in [0.717, 1.165) is 43.6 Å². The third-order valence-corrected chi connectivity index (χ3v) is 3.95. The topological polar surface area (TPSA) is 45.4 Å². The maximum Gasteiger partial charge on any atom is 0.133 e. The molecular weight excluding hydrogens is 248 g/mol. The zero-order valence-electron chi connectivity index (χ0n) is 13.3. The van der Waals surface area contributed by atoms with E-state index in [9.17, 15) is 0 Å². The quantitative estimate of drug-likeness (QED) is 0.913. The van der Waals surface area contributed by atoms with Crippen LogP contribution in [0.5, 0.6) is 0 Å². The summed E-state index contributed by atoms with van der Waals surface area (Å²) >= 11 is 0. The van der Waals surface area contributed by atoms with Crippen LogP contribution in [0, 0.1) is 19.8 Å². The van der Waals surface area contributed by atoms with E-state index in [2.05, 4.69) is 43.6 Å². The Bertz CT molecular complexity index is 448. The number of piperazine rings is 1. The molecular formula is C16H28N4. The van der Waals surface area contributed by atoms with Gasteiger partial charge in [0.05, 0.1) is 0 Å². The van der Waals surface area contributed by atoms with Crippen LogP contribution >= 0.6 is 0 Å². The Morgan fingerprint density at radius 2 is 1.85 bits per heavy atom. The van der Waals surface area contributed by atoms with Crippen molar-refractivity contribution in [2.24, 2.45) is 11.7 Å². The minimum Gasteiger partial charge on any atom is -0.354 e. The van der Waals surface area contributed by atoms with E-state index in [1.54, 1.807) is 0 Å². The smallest absolute Gasteiger partial charge is 0.133 e. The van der Waals surface area contributed by atoms with Gasteiger partial charge in [0.1, 0.15) is 5.82 Å². The highest BCUT2D eigenvalue weighted by atomic mass is 15.3. The molecule has 0 unspecified atom stereocenters. The number of pyridine rings is 1. The lowest BCUT2D eigenvalue weighted by atomic mass is 10.1. The van der Waals surface area contributed by atoms with Gasteiger partial charge in [-0.05, 0) is 31.4 Å². The molecule has 0 saturated carbocycles. The Hall–Kier alpha value is -1.13. The van der Waals surface area contributed by atoms with Crippen LogP contribution in [-0.4, -0.2) is 42.6 Å². The van der Waals surface area contributed by atoms with Crippen molar-refractivity contribution in [3.63, 3.8) is 0 Å². The molecule has 1 saturated heterocycles. The lowest BCUT2D eigenvalue weighted by Gasteiger charge is -2.37. The van der Waals surface area contributed by atoms with Crippen LogP contribution < -0.4 is 10.6 Å². The molecule has 1 aromatic heterocycles. The summed E-state index contributed by atoms with van der Waals surface area (Å²) in [5.74, 6) is 1.84. The molecule has 112 valence electrons. The maximum atomic E-state index is 5.92. The van der Waals surface area contributed by atoms with Gasteiger partial charge in [-0.3, -0.25) is 4.90 Å². The van der Waals surface area contributed by atoms with Crippen molar-refractivity contribution < 1.29 is 0 Å².